The lowest BCUT2D eigenvalue weighted by Gasteiger charge is -2.37. The lowest BCUT2D eigenvalue weighted by molar-refractivity contribution is -0.0211. The molecular weight excluding hydrogens is 564 g/mol. The Labute approximate surface area is 232 Å². The van der Waals surface area contributed by atoms with Crippen LogP contribution in [0.1, 0.15) is 51.6 Å². The Bertz CT molecular complexity index is 1430. The average molecular weight is 600 g/mol. The number of anilines is 1. The summed E-state index contributed by atoms with van der Waals surface area (Å²) in [4.78, 5) is 20.6. The van der Waals surface area contributed by atoms with Crippen LogP contribution in [0.4, 0.5) is 5.82 Å². The van der Waals surface area contributed by atoms with Gasteiger partial charge in [-0.1, -0.05) is 41.6 Å². The molecule has 3 aromatic rings. The van der Waals surface area contributed by atoms with Crippen molar-refractivity contribution in [2.75, 3.05) is 26.0 Å². The lowest BCUT2D eigenvalue weighted by atomic mass is 9.92. The highest BCUT2D eigenvalue weighted by atomic mass is 79.9. The molecular formula is C28H35BrN4O4Si. The van der Waals surface area contributed by atoms with Gasteiger partial charge in [-0.25, -0.2) is 4.98 Å². The van der Waals surface area contributed by atoms with Crippen LogP contribution in [-0.4, -0.2) is 48.7 Å². The van der Waals surface area contributed by atoms with E-state index in [9.17, 15) is 4.79 Å². The van der Waals surface area contributed by atoms with Gasteiger partial charge in [0, 0.05) is 37.3 Å². The maximum Gasteiger partial charge on any atom is 0.270 e. The van der Waals surface area contributed by atoms with E-state index in [-0.39, 0.29) is 24.3 Å². The van der Waals surface area contributed by atoms with Crippen molar-refractivity contribution in [1.29, 1.82) is 0 Å². The van der Waals surface area contributed by atoms with E-state index < -0.39 is 8.07 Å². The van der Waals surface area contributed by atoms with Gasteiger partial charge in [0.15, 0.2) is 0 Å². The molecule has 8 nitrogen and oxygen atoms in total. The highest BCUT2D eigenvalue weighted by molar-refractivity contribution is 9.10. The molecule has 0 unspecified atom stereocenters. The Kier molecular flexibility index (Phi) is 6.46. The van der Waals surface area contributed by atoms with Crippen molar-refractivity contribution in [3.8, 4) is 0 Å². The number of amides is 1. The molecule has 3 aliphatic rings. The fourth-order valence-corrected chi connectivity index (χ4v) is 6.76. The van der Waals surface area contributed by atoms with Crippen LogP contribution in [0.25, 0.3) is 11.0 Å². The van der Waals surface area contributed by atoms with Gasteiger partial charge in [-0.3, -0.25) is 4.79 Å². The van der Waals surface area contributed by atoms with Crippen LogP contribution >= 0.6 is 15.9 Å². The van der Waals surface area contributed by atoms with Gasteiger partial charge in [-0.2, -0.15) is 0 Å². The van der Waals surface area contributed by atoms with Crippen LogP contribution in [0.15, 0.2) is 28.7 Å². The Morgan fingerprint density at radius 3 is 2.76 bits per heavy atom. The highest BCUT2D eigenvalue weighted by Crippen LogP contribution is 2.55. The molecule has 1 spiro atoms. The van der Waals surface area contributed by atoms with Crippen molar-refractivity contribution in [3.63, 3.8) is 0 Å². The van der Waals surface area contributed by atoms with Gasteiger partial charge in [-0.15, -0.1) is 0 Å². The first kappa shape index (κ1) is 26.0. The van der Waals surface area contributed by atoms with E-state index in [2.05, 4.69) is 52.7 Å². The normalized spacial score (nSPS) is 19.6. The summed E-state index contributed by atoms with van der Waals surface area (Å²) in [5, 5.41) is 0. The van der Waals surface area contributed by atoms with E-state index in [0.717, 1.165) is 45.6 Å². The summed E-state index contributed by atoms with van der Waals surface area (Å²) >= 11 is 3.62. The van der Waals surface area contributed by atoms with Gasteiger partial charge in [0.2, 0.25) is 0 Å². The summed E-state index contributed by atoms with van der Waals surface area (Å²) in [6, 6.07) is 9.02. The third-order valence-corrected chi connectivity index (χ3v) is 10.3. The van der Waals surface area contributed by atoms with E-state index in [1.54, 1.807) is 4.90 Å². The minimum Gasteiger partial charge on any atom is -0.383 e. The maximum absolute atomic E-state index is 14.2. The van der Waals surface area contributed by atoms with Gasteiger partial charge in [0.25, 0.3) is 5.91 Å². The molecule has 1 aliphatic carbocycles. The van der Waals surface area contributed by atoms with E-state index in [4.69, 9.17) is 19.9 Å². The van der Waals surface area contributed by atoms with E-state index >= 15 is 0 Å². The standard InChI is InChI=1S/C28H35BrN4O4Si/c1-32(24-15-37-28(7-8-28)21-11-17(29)5-6-18(21)24)27(34)23-12-22-25(19-13-36-14-20(19)26(30)31-22)33(23)16-35-9-10-38(2,3)4/h5-6,11-12,24H,7-10,13-16H2,1-4H3,(H2,30,31)/t24-/m1/s1. The second kappa shape index (κ2) is 9.44. The molecule has 4 heterocycles. The molecule has 10 heteroatoms. The minimum absolute atomic E-state index is 0.0998. The summed E-state index contributed by atoms with van der Waals surface area (Å²) in [5.41, 5.74) is 12.4. The van der Waals surface area contributed by atoms with Gasteiger partial charge >= 0.3 is 0 Å². The number of rotatable bonds is 7. The zero-order valence-corrected chi connectivity index (χ0v) is 25.1. The number of nitrogens with two attached hydrogens (primary N) is 1. The molecule has 2 N–H and O–H groups in total. The predicted octanol–water partition coefficient (Wildman–Crippen LogP) is 5.56. The first-order valence-electron chi connectivity index (χ1n) is 13.2. The Balaban J connectivity index is 1.37. The third kappa shape index (κ3) is 4.50. The van der Waals surface area contributed by atoms with Crippen molar-refractivity contribution in [2.45, 2.75) is 70.1 Å². The molecule has 0 bridgehead atoms. The summed E-state index contributed by atoms with van der Waals surface area (Å²) in [5.74, 6) is 0.362. The average Bonchev–Trinajstić information content (AvgIpc) is 3.30. The number of likely N-dealkylation sites (N-methyl/N-ethyl adjacent to an activating group) is 1. The highest BCUT2D eigenvalue weighted by Gasteiger charge is 2.51. The van der Waals surface area contributed by atoms with Crippen molar-refractivity contribution in [2.24, 2.45) is 0 Å². The van der Waals surface area contributed by atoms with Crippen LogP contribution in [-0.2, 0) is 39.8 Å². The number of aromatic nitrogens is 2. The largest absolute Gasteiger partial charge is 0.383 e. The maximum atomic E-state index is 14.2. The number of hydrogen-bond donors (Lipinski definition) is 1. The van der Waals surface area contributed by atoms with Gasteiger partial charge < -0.3 is 29.4 Å². The van der Waals surface area contributed by atoms with Crippen LogP contribution in [0.2, 0.25) is 25.7 Å². The number of pyridine rings is 1. The Hall–Kier alpha value is -2.24. The fourth-order valence-electron chi connectivity index (χ4n) is 5.64. The quantitative estimate of drug-likeness (QED) is 0.283. The Morgan fingerprint density at radius 2 is 2.03 bits per heavy atom. The molecule has 1 aromatic carbocycles. The van der Waals surface area contributed by atoms with E-state index in [1.165, 1.54) is 5.56 Å². The number of halogens is 1. The molecule has 38 heavy (non-hydrogen) atoms. The lowest BCUT2D eigenvalue weighted by Crippen LogP contribution is -2.39. The van der Waals surface area contributed by atoms with Crippen molar-refractivity contribution in [1.82, 2.24) is 14.5 Å². The molecule has 0 radical (unpaired) electrons. The van der Waals surface area contributed by atoms with Crippen LogP contribution in [0.3, 0.4) is 0 Å². The number of nitrogen functional groups attached to an aromatic ring is 1. The summed E-state index contributed by atoms with van der Waals surface area (Å²) in [6.07, 6.45) is 2.04. The van der Waals surface area contributed by atoms with Gasteiger partial charge in [0.05, 0.1) is 42.5 Å². The first-order chi connectivity index (χ1) is 18.1. The zero-order chi connectivity index (χ0) is 26.8. The van der Waals surface area contributed by atoms with Gasteiger partial charge in [0.1, 0.15) is 18.2 Å². The second-order valence-electron chi connectivity index (χ2n) is 12.0. The molecule has 2 aliphatic heterocycles. The SMILES string of the molecule is CN(C(=O)c1cc2nc(N)c3c(c2n1COCC[Si](C)(C)C)COC3)[C@@H]1COC2(CC2)c2cc(Br)ccc21. The number of carbonyl (C=O) groups is 1. The fraction of sp³-hybridized carbons (Fsp3) is 0.500. The molecule has 2 aromatic heterocycles. The van der Waals surface area contributed by atoms with E-state index in [0.29, 0.717) is 43.5 Å². The molecule has 1 amide bonds. The van der Waals surface area contributed by atoms with Crippen LogP contribution in [0.5, 0.6) is 0 Å². The minimum atomic E-state index is -1.25. The summed E-state index contributed by atoms with van der Waals surface area (Å²) < 4.78 is 21.3. The van der Waals surface area contributed by atoms with Crippen LogP contribution < -0.4 is 5.73 Å². The molecule has 1 saturated carbocycles. The number of hydrogen-bond acceptors (Lipinski definition) is 6. The van der Waals surface area contributed by atoms with Crippen LogP contribution in [0, 0.1) is 0 Å². The van der Waals surface area contributed by atoms with Gasteiger partial charge in [-0.05, 0) is 48.2 Å². The summed E-state index contributed by atoms with van der Waals surface area (Å²) in [7, 11) is 0.604. The summed E-state index contributed by atoms with van der Waals surface area (Å²) in [6.45, 7) is 9.27. The van der Waals surface area contributed by atoms with E-state index in [1.807, 2.05) is 23.7 Å². The smallest absolute Gasteiger partial charge is 0.270 e. The predicted molar refractivity (Wildman–Crippen MR) is 153 cm³/mol. The number of nitrogens with zero attached hydrogens (tertiary/aromatic N) is 3. The van der Waals surface area contributed by atoms with Crippen molar-refractivity contribution < 1.29 is 19.0 Å². The number of carbonyl (C=O) groups excluding carboxylic acids is 1. The third-order valence-electron chi connectivity index (χ3n) is 8.08. The molecule has 202 valence electrons. The first-order valence-corrected chi connectivity index (χ1v) is 17.7. The second-order valence-corrected chi connectivity index (χ2v) is 18.5. The molecule has 1 fully saturated rings. The van der Waals surface area contributed by atoms with Crippen molar-refractivity contribution >= 4 is 46.8 Å². The zero-order valence-electron chi connectivity index (χ0n) is 22.5. The number of ether oxygens (including phenoxy) is 3. The monoisotopic (exact) mass is 598 g/mol. The molecule has 0 saturated heterocycles. The number of fused-ring (bicyclic) bond motifs is 5. The molecule has 6 rings (SSSR count). The topological polar surface area (TPSA) is 91.8 Å². The van der Waals surface area contributed by atoms with Crippen molar-refractivity contribution in [3.05, 3.63) is 56.7 Å². The molecule has 1 atom stereocenters. The number of benzene rings is 1. The Morgan fingerprint density at radius 1 is 1.26 bits per heavy atom.